The minimum atomic E-state index is -4.04. The number of primary sulfonamides is 1. The molecule has 0 bridgehead atoms. The Balaban J connectivity index is 2.16. The van der Waals surface area contributed by atoms with Crippen LogP contribution in [0.15, 0.2) is 47.4 Å². The van der Waals surface area contributed by atoms with Crippen LogP contribution in [0.1, 0.15) is 0 Å². The fourth-order valence-electron chi connectivity index (χ4n) is 2.30. The van der Waals surface area contributed by atoms with Gasteiger partial charge in [-0.05, 0) is 23.8 Å². The zero-order valence-electron chi connectivity index (χ0n) is 14.7. The highest BCUT2D eigenvalue weighted by Crippen LogP contribution is 2.31. The molecule has 2 aromatic rings. The lowest BCUT2D eigenvalue weighted by Gasteiger charge is -2.10. The predicted molar refractivity (Wildman–Crippen MR) is 98.1 cm³/mol. The zero-order valence-corrected chi connectivity index (χ0v) is 15.5. The monoisotopic (exact) mass is 396 g/mol. The van der Waals surface area contributed by atoms with Gasteiger partial charge in [-0.3, -0.25) is 10.1 Å². The Labute approximate surface area is 156 Å². The predicted octanol–water partition coefficient (Wildman–Crippen LogP) is 1.95. The number of rotatable bonds is 10. The van der Waals surface area contributed by atoms with Crippen molar-refractivity contribution in [1.29, 1.82) is 0 Å². The van der Waals surface area contributed by atoms with Crippen LogP contribution in [-0.4, -0.2) is 46.9 Å². The van der Waals surface area contributed by atoms with E-state index in [1.165, 1.54) is 6.07 Å². The molecule has 0 aliphatic heterocycles. The number of benzene rings is 2. The van der Waals surface area contributed by atoms with Crippen molar-refractivity contribution in [2.24, 2.45) is 5.14 Å². The molecule has 0 heterocycles. The first-order valence-electron chi connectivity index (χ1n) is 7.94. The van der Waals surface area contributed by atoms with Crippen molar-refractivity contribution >= 4 is 15.7 Å². The lowest BCUT2D eigenvalue weighted by molar-refractivity contribution is -0.384. The smallest absolute Gasteiger partial charge is 0.270 e. The Morgan fingerprint density at radius 1 is 1.04 bits per heavy atom. The maximum absolute atomic E-state index is 11.8. The molecular formula is C17H20N2O7S. The summed E-state index contributed by atoms with van der Waals surface area (Å²) in [4.78, 5) is 10.2. The molecule has 0 fully saturated rings. The number of nitro benzene ring substituents is 1. The molecule has 2 aromatic carbocycles. The summed E-state index contributed by atoms with van der Waals surface area (Å²) < 4.78 is 39.2. The molecule has 0 aliphatic rings. The van der Waals surface area contributed by atoms with Crippen molar-refractivity contribution in [3.63, 3.8) is 0 Å². The molecule has 0 spiro atoms. The van der Waals surface area contributed by atoms with Gasteiger partial charge in [-0.15, -0.1) is 0 Å². The zero-order chi connectivity index (χ0) is 19.9. The van der Waals surface area contributed by atoms with E-state index in [4.69, 9.17) is 19.3 Å². The maximum atomic E-state index is 11.8. The minimum Gasteiger partial charge on any atom is -0.491 e. The SMILES string of the molecule is COCCOCCOc1ccc(-c2cc([N+](=O)[O-])ccc2S(N)(=O)=O)cc1. The molecule has 0 atom stereocenters. The fraction of sp³-hybridized carbons (Fsp3) is 0.294. The molecule has 0 saturated carbocycles. The van der Waals surface area contributed by atoms with Gasteiger partial charge in [0.1, 0.15) is 12.4 Å². The normalized spacial score (nSPS) is 11.3. The van der Waals surface area contributed by atoms with Crippen LogP contribution in [0.25, 0.3) is 11.1 Å². The van der Waals surface area contributed by atoms with Gasteiger partial charge in [0.15, 0.2) is 0 Å². The van der Waals surface area contributed by atoms with E-state index in [1.54, 1.807) is 31.4 Å². The van der Waals surface area contributed by atoms with Crippen LogP contribution >= 0.6 is 0 Å². The van der Waals surface area contributed by atoms with Gasteiger partial charge >= 0.3 is 0 Å². The minimum absolute atomic E-state index is 0.154. The van der Waals surface area contributed by atoms with Crippen LogP contribution in [-0.2, 0) is 19.5 Å². The Bertz CT molecular complexity index is 883. The number of nitrogens with two attached hydrogens (primary N) is 1. The molecular weight excluding hydrogens is 376 g/mol. The molecule has 0 aromatic heterocycles. The van der Waals surface area contributed by atoms with Crippen LogP contribution in [0, 0.1) is 10.1 Å². The first-order chi connectivity index (χ1) is 12.8. The van der Waals surface area contributed by atoms with Gasteiger partial charge in [0.25, 0.3) is 5.69 Å². The average Bonchev–Trinajstić information content (AvgIpc) is 2.64. The van der Waals surface area contributed by atoms with Crippen LogP contribution in [0.2, 0.25) is 0 Å². The van der Waals surface area contributed by atoms with Gasteiger partial charge in [-0.1, -0.05) is 12.1 Å². The molecule has 9 nitrogen and oxygen atoms in total. The number of nitrogens with zero attached hydrogens (tertiary/aromatic N) is 1. The second-order valence-electron chi connectivity index (χ2n) is 5.46. The second-order valence-corrected chi connectivity index (χ2v) is 6.99. The first-order valence-corrected chi connectivity index (χ1v) is 9.48. The number of hydrogen-bond acceptors (Lipinski definition) is 7. The van der Waals surface area contributed by atoms with Crippen molar-refractivity contribution in [3.8, 4) is 16.9 Å². The molecule has 10 heteroatoms. The number of methoxy groups -OCH3 is 1. The molecule has 2 N–H and O–H groups in total. The summed E-state index contributed by atoms with van der Waals surface area (Å²) in [5, 5.41) is 16.2. The van der Waals surface area contributed by atoms with E-state index in [2.05, 4.69) is 0 Å². The third-order valence-electron chi connectivity index (χ3n) is 3.57. The average molecular weight is 396 g/mol. The van der Waals surface area contributed by atoms with Crippen molar-refractivity contribution in [2.75, 3.05) is 33.5 Å². The van der Waals surface area contributed by atoms with E-state index in [9.17, 15) is 18.5 Å². The van der Waals surface area contributed by atoms with Crippen LogP contribution < -0.4 is 9.88 Å². The summed E-state index contributed by atoms with van der Waals surface area (Å²) in [6.07, 6.45) is 0. The molecule has 146 valence electrons. The molecule has 0 radical (unpaired) electrons. The van der Waals surface area contributed by atoms with Crippen LogP contribution in [0.5, 0.6) is 5.75 Å². The van der Waals surface area contributed by atoms with Crippen molar-refractivity contribution < 1.29 is 27.6 Å². The maximum Gasteiger partial charge on any atom is 0.270 e. The Hall–Kier alpha value is -2.53. The highest BCUT2D eigenvalue weighted by atomic mass is 32.2. The summed E-state index contributed by atoms with van der Waals surface area (Å²) in [6, 6.07) is 9.89. The molecule has 0 aliphatic carbocycles. The number of non-ortho nitro benzene ring substituents is 1. The number of nitro groups is 1. The number of hydrogen-bond donors (Lipinski definition) is 1. The molecule has 0 amide bonds. The second kappa shape index (κ2) is 9.42. The van der Waals surface area contributed by atoms with E-state index in [0.717, 1.165) is 12.1 Å². The largest absolute Gasteiger partial charge is 0.491 e. The van der Waals surface area contributed by atoms with Gasteiger partial charge in [0, 0.05) is 24.8 Å². The summed E-state index contributed by atoms with van der Waals surface area (Å²) in [6.45, 7) is 1.71. The highest BCUT2D eigenvalue weighted by Gasteiger charge is 2.19. The summed E-state index contributed by atoms with van der Waals surface area (Å²) in [5.41, 5.74) is 0.388. The fourth-order valence-corrected chi connectivity index (χ4v) is 3.04. The summed E-state index contributed by atoms with van der Waals surface area (Å²) >= 11 is 0. The molecule has 2 rings (SSSR count). The van der Waals surface area contributed by atoms with E-state index in [-0.39, 0.29) is 16.1 Å². The van der Waals surface area contributed by atoms with E-state index in [1.807, 2.05) is 0 Å². The molecule has 0 unspecified atom stereocenters. The first kappa shape index (κ1) is 20.8. The highest BCUT2D eigenvalue weighted by molar-refractivity contribution is 7.89. The lowest BCUT2D eigenvalue weighted by Crippen LogP contribution is -2.13. The van der Waals surface area contributed by atoms with Gasteiger partial charge < -0.3 is 14.2 Å². The molecule has 27 heavy (non-hydrogen) atoms. The quantitative estimate of drug-likeness (QED) is 0.369. The van der Waals surface area contributed by atoms with E-state index >= 15 is 0 Å². The standard InChI is InChI=1S/C17H20N2O7S/c1-24-8-9-25-10-11-26-15-5-2-13(3-6-15)16-12-14(19(20)21)4-7-17(16)27(18,22)23/h2-7,12H,8-11H2,1H3,(H2,18,22,23). The molecule has 0 saturated heterocycles. The van der Waals surface area contributed by atoms with Crippen molar-refractivity contribution in [3.05, 3.63) is 52.6 Å². The summed E-state index contributed by atoms with van der Waals surface area (Å²) in [5.74, 6) is 0.552. The van der Waals surface area contributed by atoms with Gasteiger partial charge in [0.05, 0.1) is 29.6 Å². The Morgan fingerprint density at radius 3 is 2.30 bits per heavy atom. The van der Waals surface area contributed by atoms with E-state index < -0.39 is 14.9 Å². The van der Waals surface area contributed by atoms with Gasteiger partial charge in [-0.25, -0.2) is 13.6 Å². The van der Waals surface area contributed by atoms with Crippen LogP contribution in [0.4, 0.5) is 5.69 Å². The number of ether oxygens (including phenoxy) is 3. The topological polar surface area (TPSA) is 131 Å². The summed E-state index contributed by atoms with van der Waals surface area (Å²) in [7, 11) is -2.45. The van der Waals surface area contributed by atoms with E-state index in [0.29, 0.717) is 37.7 Å². The van der Waals surface area contributed by atoms with Crippen molar-refractivity contribution in [2.45, 2.75) is 4.90 Å². The van der Waals surface area contributed by atoms with Gasteiger partial charge in [0.2, 0.25) is 10.0 Å². The third-order valence-corrected chi connectivity index (χ3v) is 4.54. The Morgan fingerprint density at radius 2 is 1.70 bits per heavy atom. The lowest BCUT2D eigenvalue weighted by atomic mass is 10.0. The Kier molecular flexibility index (Phi) is 7.25. The van der Waals surface area contributed by atoms with Crippen molar-refractivity contribution in [1.82, 2.24) is 0 Å². The van der Waals surface area contributed by atoms with Gasteiger partial charge in [-0.2, -0.15) is 0 Å². The third kappa shape index (κ3) is 6.00. The van der Waals surface area contributed by atoms with Crippen LogP contribution in [0.3, 0.4) is 0 Å². The number of sulfonamides is 1.